The molecule has 0 fully saturated rings. The van der Waals surface area contributed by atoms with Crippen molar-refractivity contribution in [3.63, 3.8) is 0 Å². The van der Waals surface area contributed by atoms with E-state index in [2.05, 4.69) is 28.4 Å². The van der Waals surface area contributed by atoms with Crippen LogP contribution in [-0.4, -0.2) is 26.9 Å². The molecule has 4 rings (SSSR count). The summed E-state index contributed by atoms with van der Waals surface area (Å²) in [6.45, 7) is 1.48. The summed E-state index contributed by atoms with van der Waals surface area (Å²) in [5.41, 5.74) is 4.14. The molecule has 2 aromatic carbocycles. The highest BCUT2D eigenvalue weighted by Crippen LogP contribution is 2.19. The highest BCUT2D eigenvalue weighted by Gasteiger charge is 2.10. The summed E-state index contributed by atoms with van der Waals surface area (Å²) in [6, 6.07) is 22.2. The van der Waals surface area contributed by atoms with E-state index in [-0.39, 0.29) is 0 Å². The van der Waals surface area contributed by atoms with Crippen molar-refractivity contribution in [1.29, 1.82) is 0 Å². The number of benzene rings is 2. The SMILES string of the molecule is CN(Cc1cnn(-c2ccccc2)c1)Cc1cc(-c2ccccc2)no1. The normalized spacial score (nSPS) is 11.2. The Bertz CT molecular complexity index is 880. The minimum atomic E-state index is 0.691. The van der Waals surface area contributed by atoms with Crippen LogP contribution in [0.25, 0.3) is 16.9 Å². The Hall–Kier alpha value is -3.18. The van der Waals surface area contributed by atoms with E-state index in [1.807, 2.05) is 77.6 Å². The predicted molar refractivity (Wildman–Crippen MR) is 101 cm³/mol. The van der Waals surface area contributed by atoms with E-state index in [9.17, 15) is 0 Å². The van der Waals surface area contributed by atoms with Gasteiger partial charge in [-0.3, -0.25) is 4.90 Å². The molecule has 5 heteroatoms. The van der Waals surface area contributed by atoms with Crippen LogP contribution < -0.4 is 0 Å². The molecule has 2 aromatic heterocycles. The lowest BCUT2D eigenvalue weighted by Gasteiger charge is -2.12. The lowest BCUT2D eigenvalue weighted by atomic mass is 10.1. The van der Waals surface area contributed by atoms with E-state index in [0.717, 1.165) is 34.8 Å². The van der Waals surface area contributed by atoms with Crippen molar-refractivity contribution < 1.29 is 4.52 Å². The minimum Gasteiger partial charge on any atom is -0.359 e. The fourth-order valence-electron chi connectivity index (χ4n) is 2.93. The maximum absolute atomic E-state index is 5.49. The largest absolute Gasteiger partial charge is 0.359 e. The molecule has 0 atom stereocenters. The van der Waals surface area contributed by atoms with Gasteiger partial charge in [-0.25, -0.2) is 4.68 Å². The first-order valence-electron chi connectivity index (χ1n) is 8.56. The molecule has 2 heterocycles. The summed E-state index contributed by atoms with van der Waals surface area (Å²) in [4.78, 5) is 2.18. The first-order valence-corrected chi connectivity index (χ1v) is 8.56. The summed E-state index contributed by atoms with van der Waals surface area (Å²) in [5, 5.41) is 8.62. The zero-order valence-corrected chi connectivity index (χ0v) is 14.6. The van der Waals surface area contributed by atoms with E-state index in [4.69, 9.17) is 4.52 Å². The Balaban J connectivity index is 1.40. The van der Waals surface area contributed by atoms with Crippen molar-refractivity contribution >= 4 is 0 Å². The van der Waals surface area contributed by atoms with E-state index in [1.54, 1.807) is 0 Å². The standard InChI is InChI=1S/C21H20N4O/c1-24(14-17-13-22-25(15-17)19-10-6-3-7-11-19)16-20-12-21(23-26-20)18-8-4-2-5-9-18/h2-13,15H,14,16H2,1H3. The molecule has 4 aromatic rings. The molecule has 0 saturated carbocycles. The van der Waals surface area contributed by atoms with Gasteiger partial charge in [-0.1, -0.05) is 53.7 Å². The third kappa shape index (κ3) is 3.73. The van der Waals surface area contributed by atoms with Crippen LogP contribution in [0.3, 0.4) is 0 Å². The molecule has 0 aliphatic heterocycles. The van der Waals surface area contributed by atoms with Gasteiger partial charge in [-0.2, -0.15) is 5.10 Å². The molecule has 0 amide bonds. The van der Waals surface area contributed by atoms with Crippen LogP contribution in [0.15, 0.2) is 83.6 Å². The number of hydrogen-bond acceptors (Lipinski definition) is 4. The smallest absolute Gasteiger partial charge is 0.151 e. The number of rotatable bonds is 6. The molecule has 0 unspecified atom stereocenters. The summed E-state index contributed by atoms with van der Waals surface area (Å²) < 4.78 is 7.38. The second kappa shape index (κ2) is 7.37. The summed E-state index contributed by atoms with van der Waals surface area (Å²) in [5.74, 6) is 0.849. The zero-order valence-electron chi connectivity index (χ0n) is 14.6. The van der Waals surface area contributed by atoms with Gasteiger partial charge in [-0.05, 0) is 19.2 Å². The van der Waals surface area contributed by atoms with Crippen LogP contribution >= 0.6 is 0 Å². The zero-order chi connectivity index (χ0) is 17.8. The lowest BCUT2D eigenvalue weighted by molar-refractivity contribution is 0.267. The third-order valence-corrected chi connectivity index (χ3v) is 4.16. The molecule has 130 valence electrons. The van der Waals surface area contributed by atoms with Crippen molar-refractivity contribution in [2.45, 2.75) is 13.1 Å². The average molecular weight is 344 g/mol. The van der Waals surface area contributed by atoms with Gasteiger partial charge in [0.2, 0.25) is 0 Å². The topological polar surface area (TPSA) is 47.1 Å². The van der Waals surface area contributed by atoms with Crippen LogP contribution in [0.2, 0.25) is 0 Å². The number of nitrogens with zero attached hydrogens (tertiary/aromatic N) is 4. The van der Waals surface area contributed by atoms with Crippen LogP contribution in [-0.2, 0) is 13.1 Å². The number of para-hydroxylation sites is 1. The molecule has 0 spiro atoms. The monoisotopic (exact) mass is 344 g/mol. The highest BCUT2D eigenvalue weighted by molar-refractivity contribution is 5.58. The summed E-state index contributed by atoms with van der Waals surface area (Å²) in [6.07, 6.45) is 3.96. The Morgan fingerprint density at radius 3 is 2.46 bits per heavy atom. The molecule has 0 bridgehead atoms. The Morgan fingerprint density at radius 1 is 0.962 bits per heavy atom. The number of aromatic nitrogens is 3. The van der Waals surface area contributed by atoms with Gasteiger partial charge in [-0.15, -0.1) is 0 Å². The van der Waals surface area contributed by atoms with Crippen LogP contribution in [0.5, 0.6) is 0 Å². The van der Waals surface area contributed by atoms with Gasteiger partial charge >= 0.3 is 0 Å². The third-order valence-electron chi connectivity index (χ3n) is 4.16. The van der Waals surface area contributed by atoms with Gasteiger partial charge < -0.3 is 4.52 Å². The fourth-order valence-corrected chi connectivity index (χ4v) is 2.93. The van der Waals surface area contributed by atoms with Crippen LogP contribution in [0.4, 0.5) is 0 Å². The molecular weight excluding hydrogens is 324 g/mol. The number of hydrogen-bond donors (Lipinski definition) is 0. The molecule has 0 saturated heterocycles. The second-order valence-corrected chi connectivity index (χ2v) is 6.35. The maximum atomic E-state index is 5.49. The van der Waals surface area contributed by atoms with Crippen molar-refractivity contribution in [1.82, 2.24) is 19.8 Å². The minimum absolute atomic E-state index is 0.691. The van der Waals surface area contributed by atoms with E-state index in [0.29, 0.717) is 6.54 Å². The Morgan fingerprint density at radius 2 is 1.69 bits per heavy atom. The van der Waals surface area contributed by atoms with Gasteiger partial charge in [0.1, 0.15) is 5.69 Å². The Labute approximate surface area is 152 Å². The van der Waals surface area contributed by atoms with Crippen molar-refractivity contribution in [2.24, 2.45) is 0 Å². The Kier molecular flexibility index (Phi) is 4.62. The molecule has 5 nitrogen and oxygen atoms in total. The second-order valence-electron chi connectivity index (χ2n) is 6.35. The van der Waals surface area contributed by atoms with E-state index < -0.39 is 0 Å². The van der Waals surface area contributed by atoms with Crippen LogP contribution in [0.1, 0.15) is 11.3 Å². The van der Waals surface area contributed by atoms with Gasteiger partial charge in [0.05, 0.1) is 18.4 Å². The van der Waals surface area contributed by atoms with Gasteiger partial charge in [0.25, 0.3) is 0 Å². The molecule has 0 N–H and O–H groups in total. The first kappa shape index (κ1) is 16.3. The van der Waals surface area contributed by atoms with Crippen molar-refractivity contribution in [2.75, 3.05) is 7.05 Å². The van der Waals surface area contributed by atoms with Crippen LogP contribution in [0, 0.1) is 0 Å². The van der Waals surface area contributed by atoms with Gasteiger partial charge in [0, 0.05) is 29.9 Å². The predicted octanol–water partition coefficient (Wildman–Crippen LogP) is 4.16. The molecule has 0 aliphatic carbocycles. The first-order chi connectivity index (χ1) is 12.8. The molecule has 26 heavy (non-hydrogen) atoms. The van der Waals surface area contributed by atoms with E-state index in [1.165, 1.54) is 0 Å². The maximum Gasteiger partial charge on any atom is 0.151 e. The van der Waals surface area contributed by atoms with Gasteiger partial charge in [0.15, 0.2) is 5.76 Å². The molecular formula is C21H20N4O. The average Bonchev–Trinajstić information content (AvgIpc) is 3.33. The summed E-state index contributed by atoms with van der Waals surface area (Å²) >= 11 is 0. The molecule has 0 aliphatic rings. The fraction of sp³-hybridized carbons (Fsp3) is 0.143. The van der Waals surface area contributed by atoms with Crippen molar-refractivity contribution in [3.8, 4) is 16.9 Å². The van der Waals surface area contributed by atoms with Crippen molar-refractivity contribution in [3.05, 3.63) is 90.4 Å². The highest BCUT2D eigenvalue weighted by atomic mass is 16.5. The molecule has 0 radical (unpaired) electrons. The lowest BCUT2D eigenvalue weighted by Crippen LogP contribution is -2.16. The quantitative estimate of drug-likeness (QED) is 0.527. The van der Waals surface area contributed by atoms with E-state index >= 15 is 0 Å². The summed E-state index contributed by atoms with van der Waals surface area (Å²) in [7, 11) is 2.06.